The number of nitrogens with zero attached hydrogens (tertiary/aromatic N) is 4. The Balaban J connectivity index is 2.11. The summed E-state index contributed by atoms with van der Waals surface area (Å²) >= 11 is 0. The molecular weight excluding hydrogens is 252 g/mol. The first-order valence-corrected chi connectivity index (χ1v) is 6.05. The monoisotopic (exact) mass is 264 g/mol. The molecule has 0 aromatic carbocycles. The third-order valence-corrected chi connectivity index (χ3v) is 3.83. The van der Waals surface area contributed by atoms with E-state index in [2.05, 4.69) is 10.3 Å². The van der Waals surface area contributed by atoms with Gasteiger partial charge in [0.1, 0.15) is 23.8 Å². The van der Waals surface area contributed by atoms with E-state index in [9.17, 15) is 15.0 Å². The normalized spacial score (nSPS) is 32.8. The summed E-state index contributed by atoms with van der Waals surface area (Å²) in [5.41, 5.74) is 1.57. The molecule has 4 heterocycles. The van der Waals surface area contributed by atoms with Crippen molar-refractivity contribution in [3.8, 4) is 0 Å². The maximum absolute atomic E-state index is 12.2. The summed E-state index contributed by atoms with van der Waals surface area (Å²) in [6, 6.07) is 1.43. The number of aryl methyl sites for hydroxylation is 1. The minimum absolute atomic E-state index is 0.258. The zero-order valence-corrected chi connectivity index (χ0v) is 10.1. The number of aromatic nitrogens is 4. The molecule has 2 bridgehead atoms. The molecule has 8 heteroatoms. The van der Waals surface area contributed by atoms with Crippen molar-refractivity contribution >= 4 is 11.2 Å². The van der Waals surface area contributed by atoms with E-state index in [0.717, 1.165) is 5.56 Å². The predicted molar refractivity (Wildman–Crippen MR) is 62.4 cm³/mol. The highest BCUT2D eigenvalue weighted by Crippen LogP contribution is 2.34. The molecule has 2 aromatic heterocycles. The Hall–Kier alpha value is -1.77. The number of fused-ring (bicyclic) bond motifs is 3. The number of hydrogen-bond donors (Lipinski definition) is 2. The average molecular weight is 264 g/mol. The van der Waals surface area contributed by atoms with Crippen LogP contribution in [0.3, 0.4) is 0 Å². The molecule has 0 amide bonds. The number of aliphatic hydroxyl groups is 2. The van der Waals surface area contributed by atoms with Gasteiger partial charge >= 0.3 is 0 Å². The summed E-state index contributed by atoms with van der Waals surface area (Å²) in [4.78, 5) is 12.2. The predicted octanol–water partition coefficient (Wildman–Crippen LogP) is -1.47. The van der Waals surface area contributed by atoms with Gasteiger partial charge in [-0.1, -0.05) is 5.21 Å². The molecule has 0 spiro atoms. The van der Waals surface area contributed by atoms with Crippen molar-refractivity contribution in [3.05, 3.63) is 22.0 Å². The van der Waals surface area contributed by atoms with Crippen molar-refractivity contribution in [2.24, 2.45) is 0 Å². The van der Waals surface area contributed by atoms with E-state index in [4.69, 9.17) is 4.74 Å². The van der Waals surface area contributed by atoms with E-state index >= 15 is 0 Å². The van der Waals surface area contributed by atoms with E-state index in [1.807, 2.05) is 0 Å². The molecule has 1 saturated heterocycles. The third kappa shape index (κ3) is 1.25. The second-order valence-electron chi connectivity index (χ2n) is 5.03. The minimum Gasteiger partial charge on any atom is -0.387 e. The Kier molecular flexibility index (Phi) is 1.99. The number of ether oxygens (including phenoxy) is 1. The van der Waals surface area contributed by atoms with Gasteiger partial charge in [-0.25, -0.2) is 4.68 Å². The highest BCUT2D eigenvalue weighted by Gasteiger charge is 2.47. The van der Waals surface area contributed by atoms with E-state index < -0.39 is 24.5 Å². The minimum atomic E-state index is -1.13. The summed E-state index contributed by atoms with van der Waals surface area (Å²) in [5.74, 6) is 0. The maximum Gasteiger partial charge on any atom is 0.254 e. The van der Waals surface area contributed by atoms with Crippen molar-refractivity contribution in [2.45, 2.75) is 38.0 Å². The topological polar surface area (TPSA) is 102 Å². The molecular formula is C11H12N4O4. The second kappa shape index (κ2) is 3.41. The first kappa shape index (κ1) is 11.1. The Bertz CT molecular complexity index is 736. The van der Waals surface area contributed by atoms with E-state index in [0.29, 0.717) is 11.2 Å². The number of aliphatic hydroxyl groups excluding tert-OH is 2. The SMILES string of the molecule is Cc1cc(=O)n2c3c1nnn3C[C@H]1O[C@@H]2C(O)C1O. The van der Waals surface area contributed by atoms with Gasteiger partial charge in [0, 0.05) is 6.07 Å². The summed E-state index contributed by atoms with van der Waals surface area (Å²) < 4.78 is 8.44. The van der Waals surface area contributed by atoms with Gasteiger partial charge in [0.05, 0.1) is 6.54 Å². The Morgan fingerprint density at radius 2 is 2.21 bits per heavy atom. The number of hydrogen-bond acceptors (Lipinski definition) is 6. The van der Waals surface area contributed by atoms with Crippen LogP contribution in [0.4, 0.5) is 0 Å². The van der Waals surface area contributed by atoms with Gasteiger partial charge in [-0.3, -0.25) is 9.36 Å². The Morgan fingerprint density at radius 1 is 1.42 bits per heavy atom. The first-order chi connectivity index (χ1) is 9.08. The lowest BCUT2D eigenvalue weighted by Crippen LogP contribution is -2.38. The molecule has 1 fully saturated rings. The summed E-state index contributed by atoms with van der Waals surface area (Å²) in [6.45, 7) is 2.05. The molecule has 0 saturated carbocycles. The van der Waals surface area contributed by atoms with Gasteiger partial charge < -0.3 is 14.9 Å². The van der Waals surface area contributed by atoms with Gasteiger partial charge in [-0.05, 0) is 12.5 Å². The summed E-state index contributed by atoms with van der Waals surface area (Å²) in [5, 5.41) is 28.0. The van der Waals surface area contributed by atoms with E-state index in [1.165, 1.54) is 10.6 Å². The fourth-order valence-electron chi connectivity index (χ4n) is 2.86. The van der Waals surface area contributed by atoms with Crippen LogP contribution in [0.25, 0.3) is 11.2 Å². The number of pyridine rings is 1. The van der Waals surface area contributed by atoms with Crippen LogP contribution in [0.5, 0.6) is 0 Å². The van der Waals surface area contributed by atoms with Crippen molar-refractivity contribution < 1.29 is 14.9 Å². The second-order valence-corrected chi connectivity index (χ2v) is 5.03. The maximum atomic E-state index is 12.2. The standard InChI is InChI=1S/C11H12N4O4/c1-4-2-6(16)15-10-7(4)12-13-14(10)3-5-8(17)9(18)11(15)19-5/h2,5,8-9,11,17-18H,3H2,1H3/t5-,8?,9?,11-/m1/s1. The van der Waals surface area contributed by atoms with Gasteiger partial charge in [-0.15, -0.1) is 5.10 Å². The van der Waals surface area contributed by atoms with Gasteiger partial charge in [0.15, 0.2) is 11.9 Å². The fraction of sp³-hybridized carbons (Fsp3) is 0.545. The summed E-state index contributed by atoms with van der Waals surface area (Å²) in [6.07, 6.45) is -3.65. The lowest BCUT2D eigenvalue weighted by molar-refractivity contribution is -0.0351. The van der Waals surface area contributed by atoms with Gasteiger partial charge in [0.25, 0.3) is 5.56 Å². The van der Waals surface area contributed by atoms with Crippen LogP contribution < -0.4 is 5.56 Å². The fourth-order valence-corrected chi connectivity index (χ4v) is 2.86. The zero-order valence-electron chi connectivity index (χ0n) is 10.1. The quantitative estimate of drug-likeness (QED) is 0.602. The van der Waals surface area contributed by atoms with Crippen LogP contribution >= 0.6 is 0 Å². The van der Waals surface area contributed by atoms with Crippen LogP contribution in [-0.2, 0) is 11.3 Å². The third-order valence-electron chi connectivity index (χ3n) is 3.83. The molecule has 4 atom stereocenters. The molecule has 100 valence electrons. The van der Waals surface area contributed by atoms with Crippen molar-refractivity contribution in [1.82, 2.24) is 19.6 Å². The molecule has 19 heavy (non-hydrogen) atoms. The Labute approximate surface area is 106 Å². The van der Waals surface area contributed by atoms with Crippen LogP contribution in [-0.4, -0.2) is 48.1 Å². The van der Waals surface area contributed by atoms with Crippen LogP contribution in [0.1, 0.15) is 11.8 Å². The largest absolute Gasteiger partial charge is 0.387 e. The molecule has 2 aromatic rings. The van der Waals surface area contributed by atoms with Crippen molar-refractivity contribution in [3.63, 3.8) is 0 Å². The molecule has 4 rings (SSSR count). The smallest absolute Gasteiger partial charge is 0.254 e. The first-order valence-electron chi connectivity index (χ1n) is 6.05. The highest BCUT2D eigenvalue weighted by molar-refractivity contribution is 5.74. The molecule has 2 aliphatic heterocycles. The average Bonchev–Trinajstić information content (AvgIpc) is 2.82. The summed E-state index contributed by atoms with van der Waals surface area (Å²) in [7, 11) is 0. The lowest BCUT2D eigenvalue weighted by Gasteiger charge is -2.19. The van der Waals surface area contributed by atoms with Crippen LogP contribution in [0.15, 0.2) is 10.9 Å². The van der Waals surface area contributed by atoms with E-state index in [-0.39, 0.29) is 12.1 Å². The van der Waals surface area contributed by atoms with E-state index in [1.54, 1.807) is 11.6 Å². The molecule has 0 aliphatic carbocycles. The molecule has 8 nitrogen and oxygen atoms in total. The van der Waals surface area contributed by atoms with Crippen LogP contribution in [0, 0.1) is 6.92 Å². The van der Waals surface area contributed by atoms with Crippen molar-refractivity contribution in [2.75, 3.05) is 0 Å². The molecule has 2 unspecified atom stereocenters. The Morgan fingerprint density at radius 3 is 3.00 bits per heavy atom. The van der Waals surface area contributed by atoms with Gasteiger partial charge in [0.2, 0.25) is 0 Å². The molecule has 2 N–H and O–H groups in total. The lowest BCUT2D eigenvalue weighted by atomic mass is 10.1. The highest BCUT2D eigenvalue weighted by atomic mass is 16.6. The zero-order chi connectivity index (χ0) is 13.3. The van der Waals surface area contributed by atoms with Gasteiger partial charge in [-0.2, -0.15) is 0 Å². The number of rotatable bonds is 0. The molecule has 2 aliphatic rings. The van der Waals surface area contributed by atoms with Crippen LogP contribution in [0.2, 0.25) is 0 Å². The van der Waals surface area contributed by atoms with Crippen molar-refractivity contribution in [1.29, 1.82) is 0 Å². The molecule has 0 radical (unpaired) electrons.